The van der Waals surface area contributed by atoms with E-state index < -0.39 is 0 Å². The predicted octanol–water partition coefficient (Wildman–Crippen LogP) is 3.57. The Morgan fingerprint density at radius 1 is 1.28 bits per heavy atom. The molecule has 3 rings (SSSR count). The quantitative estimate of drug-likeness (QED) is 0.524. The number of hydrogen-bond acceptors (Lipinski definition) is 2. The molecule has 2 heteroatoms. The minimum Gasteiger partial charge on any atom is -0.462 e. The second-order valence-corrected chi connectivity index (χ2v) is 6.37. The van der Waals surface area contributed by atoms with Gasteiger partial charge in [0.2, 0.25) is 0 Å². The summed E-state index contributed by atoms with van der Waals surface area (Å²) in [6.45, 7) is 4.19. The standard InChI is InChI=1S/C16H24O2/c1-3-6-13-12-8-5-4-7-11(12)9-14-15(13)10(2)18-16(14)17/h3,6,10-15H,4-5,7-9H2,1-2H3/b6-3+/t10?,11?,12?,13-,14?,15?/m0/s1. The van der Waals surface area contributed by atoms with Crippen molar-refractivity contribution in [3.63, 3.8) is 0 Å². The third kappa shape index (κ3) is 1.81. The van der Waals surface area contributed by atoms with Gasteiger partial charge in [0.05, 0.1) is 5.92 Å². The maximum Gasteiger partial charge on any atom is 0.309 e. The van der Waals surface area contributed by atoms with Crippen molar-refractivity contribution in [2.24, 2.45) is 29.6 Å². The van der Waals surface area contributed by atoms with Crippen LogP contribution in [0.25, 0.3) is 0 Å². The summed E-state index contributed by atoms with van der Waals surface area (Å²) >= 11 is 0. The Balaban J connectivity index is 1.91. The van der Waals surface area contributed by atoms with Crippen molar-refractivity contribution < 1.29 is 9.53 Å². The molecule has 1 aliphatic heterocycles. The lowest BCUT2D eigenvalue weighted by Crippen LogP contribution is -2.42. The molecule has 0 radical (unpaired) electrons. The number of hydrogen-bond donors (Lipinski definition) is 0. The number of fused-ring (bicyclic) bond motifs is 2. The molecule has 2 aliphatic carbocycles. The van der Waals surface area contributed by atoms with Crippen LogP contribution < -0.4 is 0 Å². The first-order valence-electron chi connectivity index (χ1n) is 7.55. The maximum absolute atomic E-state index is 12.0. The monoisotopic (exact) mass is 248 g/mol. The molecule has 0 N–H and O–H groups in total. The summed E-state index contributed by atoms with van der Waals surface area (Å²) in [5.41, 5.74) is 0. The highest BCUT2D eigenvalue weighted by molar-refractivity contribution is 5.75. The van der Waals surface area contributed by atoms with E-state index in [1.165, 1.54) is 25.7 Å². The Morgan fingerprint density at radius 2 is 2.06 bits per heavy atom. The molecule has 0 aromatic carbocycles. The lowest BCUT2D eigenvalue weighted by molar-refractivity contribution is -0.144. The molecule has 6 atom stereocenters. The first kappa shape index (κ1) is 12.3. The Hall–Kier alpha value is -0.790. The number of esters is 1. The molecule has 18 heavy (non-hydrogen) atoms. The highest BCUT2D eigenvalue weighted by atomic mass is 16.6. The fourth-order valence-electron chi connectivity index (χ4n) is 4.81. The molecular weight excluding hydrogens is 224 g/mol. The maximum atomic E-state index is 12.0. The normalized spacial score (nSPS) is 47.8. The van der Waals surface area contributed by atoms with E-state index in [9.17, 15) is 4.79 Å². The van der Waals surface area contributed by atoms with E-state index in [-0.39, 0.29) is 18.0 Å². The molecule has 3 aliphatic rings. The molecule has 0 amide bonds. The fourth-order valence-corrected chi connectivity index (χ4v) is 4.81. The first-order valence-corrected chi connectivity index (χ1v) is 7.55. The van der Waals surface area contributed by atoms with Crippen molar-refractivity contribution in [2.45, 2.75) is 52.1 Å². The molecule has 1 heterocycles. The van der Waals surface area contributed by atoms with Crippen molar-refractivity contribution in [2.75, 3.05) is 0 Å². The second kappa shape index (κ2) is 4.71. The number of carbonyl (C=O) groups excluding carboxylic acids is 1. The Labute approximate surface area is 110 Å². The van der Waals surface area contributed by atoms with E-state index in [0.717, 1.165) is 18.3 Å². The Kier molecular flexibility index (Phi) is 3.21. The second-order valence-electron chi connectivity index (χ2n) is 6.37. The van der Waals surface area contributed by atoms with Gasteiger partial charge < -0.3 is 4.74 Å². The van der Waals surface area contributed by atoms with Crippen LogP contribution in [0, 0.1) is 29.6 Å². The SMILES string of the molecule is C/C=C/[C@H]1C2CCCCC2CC2C(=O)OC(C)C21. The van der Waals surface area contributed by atoms with Gasteiger partial charge in [-0.3, -0.25) is 4.79 Å². The third-order valence-corrected chi connectivity index (χ3v) is 5.49. The van der Waals surface area contributed by atoms with Gasteiger partial charge in [0.25, 0.3) is 0 Å². The zero-order valence-electron chi connectivity index (χ0n) is 11.5. The molecule has 0 spiro atoms. The Bertz CT molecular complexity index is 360. The van der Waals surface area contributed by atoms with Crippen LogP contribution in [0.1, 0.15) is 46.0 Å². The highest BCUT2D eigenvalue weighted by Crippen LogP contribution is 2.53. The van der Waals surface area contributed by atoms with Crippen LogP contribution in [0.5, 0.6) is 0 Å². The van der Waals surface area contributed by atoms with E-state index in [0.29, 0.717) is 11.8 Å². The van der Waals surface area contributed by atoms with Gasteiger partial charge in [0.1, 0.15) is 6.10 Å². The number of rotatable bonds is 1. The van der Waals surface area contributed by atoms with Crippen LogP contribution in [0.15, 0.2) is 12.2 Å². The summed E-state index contributed by atoms with van der Waals surface area (Å²) in [4.78, 5) is 12.0. The summed E-state index contributed by atoms with van der Waals surface area (Å²) in [5.74, 6) is 2.83. The van der Waals surface area contributed by atoms with Gasteiger partial charge in [-0.15, -0.1) is 0 Å². The van der Waals surface area contributed by atoms with E-state index in [1.54, 1.807) is 0 Å². The fraction of sp³-hybridized carbons (Fsp3) is 0.812. The topological polar surface area (TPSA) is 26.3 Å². The van der Waals surface area contributed by atoms with Gasteiger partial charge in [-0.1, -0.05) is 31.4 Å². The van der Waals surface area contributed by atoms with Gasteiger partial charge in [-0.05, 0) is 44.4 Å². The predicted molar refractivity (Wildman–Crippen MR) is 70.9 cm³/mol. The molecule has 2 nitrogen and oxygen atoms in total. The highest BCUT2D eigenvalue weighted by Gasteiger charge is 2.53. The van der Waals surface area contributed by atoms with Gasteiger partial charge in [-0.25, -0.2) is 0 Å². The molecule has 3 fully saturated rings. The number of cyclic esters (lactones) is 1. The van der Waals surface area contributed by atoms with Crippen molar-refractivity contribution in [3.8, 4) is 0 Å². The van der Waals surface area contributed by atoms with Crippen LogP contribution >= 0.6 is 0 Å². The van der Waals surface area contributed by atoms with Crippen molar-refractivity contribution in [1.82, 2.24) is 0 Å². The summed E-state index contributed by atoms with van der Waals surface area (Å²) in [6, 6.07) is 0. The number of ether oxygens (including phenoxy) is 1. The minimum atomic E-state index is 0.0750. The van der Waals surface area contributed by atoms with E-state index in [2.05, 4.69) is 26.0 Å². The van der Waals surface area contributed by atoms with Gasteiger partial charge in [-0.2, -0.15) is 0 Å². The first-order chi connectivity index (χ1) is 8.72. The minimum absolute atomic E-state index is 0.0750. The van der Waals surface area contributed by atoms with Crippen molar-refractivity contribution in [1.29, 1.82) is 0 Å². The zero-order valence-corrected chi connectivity index (χ0v) is 11.5. The van der Waals surface area contributed by atoms with E-state index in [4.69, 9.17) is 4.74 Å². The molecule has 0 aromatic heterocycles. The lowest BCUT2D eigenvalue weighted by atomic mass is 9.57. The molecule has 1 saturated heterocycles. The summed E-state index contributed by atoms with van der Waals surface area (Å²) in [5, 5.41) is 0. The van der Waals surface area contributed by atoms with Crippen molar-refractivity contribution in [3.05, 3.63) is 12.2 Å². The van der Waals surface area contributed by atoms with Gasteiger partial charge in [0, 0.05) is 5.92 Å². The number of carbonyl (C=O) groups is 1. The van der Waals surface area contributed by atoms with Gasteiger partial charge >= 0.3 is 5.97 Å². The van der Waals surface area contributed by atoms with Gasteiger partial charge in [0.15, 0.2) is 0 Å². The van der Waals surface area contributed by atoms with Crippen molar-refractivity contribution >= 4 is 5.97 Å². The molecule has 0 bridgehead atoms. The smallest absolute Gasteiger partial charge is 0.309 e. The molecule has 2 saturated carbocycles. The zero-order chi connectivity index (χ0) is 12.7. The molecule has 0 aromatic rings. The number of allylic oxidation sites excluding steroid dienone is 2. The van der Waals surface area contributed by atoms with Crippen LogP contribution in [0.4, 0.5) is 0 Å². The molecule has 5 unspecified atom stereocenters. The average molecular weight is 248 g/mol. The molecular formula is C16H24O2. The Morgan fingerprint density at radius 3 is 2.83 bits per heavy atom. The largest absolute Gasteiger partial charge is 0.462 e. The summed E-state index contributed by atoms with van der Waals surface area (Å²) < 4.78 is 5.52. The summed E-state index contributed by atoms with van der Waals surface area (Å²) in [7, 11) is 0. The van der Waals surface area contributed by atoms with E-state index in [1.807, 2.05) is 0 Å². The van der Waals surface area contributed by atoms with Crippen LogP contribution in [0.3, 0.4) is 0 Å². The third-order valence-electron chi connectivity index (χ3n) is 5.49. The van der Waals surface area contributed by atoms with E-state index >= 15 is 0 Å². The molecule has 100 valence electrons. The average Bonchev–Trinajstić information content (AvgIpc) is 2.65. The van der Waals surface area contributed by atoms with Crippen LogP contribution in [-0.2, 0) is 9.53 Å². The van der Waals surface area contributed by atoms with Crippen LogP contribution in [-0.4, -0.2) is 12.1 Å². The lowest BCUT2D eigenvalue weighted by Gasteiger charge is -2.45. The van der Waals surface area contributed by atoms with Crippen LogP contribution in [0.2, 0.25) is 0 Å². The summed E-state index contributed by atoms with van der Waals surface area (Å²) in [6.07, 6.45) is 11.1.